The van der Waals surface area contributed by atoms with E-state index in [0.717, 1.165) is 0 Å². The molecule has 1 fully saturated rings. The highest BCUT2D eigenvalue weighted by atomic mass is 16.6. The molecule has 1 saturated heterocycles. The van der Waals surface area contributed by atoms with Gasteiger partial charge in [0, 0.05) is 6.54 Å². The van der Waals surface area contributed by atoms with Crippen LogP contribution in [0.3, 0.4) is 0 Å². The number of hydrogen-bond acceptors (Lipinski definition) is 6. The first-order valence-corrected chi connectivity index (χ1v) is 4.11. The molecule has 0 saturated carbocycles. The summed E-state index contributed by atoms with van der Waals surface area (Å²) in [6.45, 7) is -0.130. The maximum Gasteiger partial charge on any atom is 0.335 e. The fourth-order valence-electron chi connectivity index (χ4n) is 1.35. The maximum atomic E-state index is 10.6. The Morgan fingerprint density at radius 2 is 1.79 bits per heavy atom. The number of hydrogen-bond donors (Lipinski definition) is 5. The van der Waals surface area contributed by atoms with E-state index in [4.69, 9.17) is 15.6 Å². The Labute approximate surface area is 79.7 Å². The van der Waals surface area contributed by atoms with Crippen molar-refractivity contribution >= 4 is 5.97 Å². The van der Waals surface area contributed by atoms with Gasteiger partial charge in [-0.2, -0.15) is 0 Å². The summed E-state index contributed by atoms with van der Waals surface area (Å²) in [7, 11) is 0. The highest BCUT2D eigenvalue weighted by Crippen LogP contribution is 2.20. The fourth-order valence-corrected chi connectivity index (χ4v) is 1.35. The van der Waals surface area contributed by atoms with Crippen LogP contribution in [0.4, 0.5) is 0 Å². The highest BCUT2D eigenvalue weighted by Gasteiger charge is 2.46. The van der Waals surface area contributed by atoms with Gasteiger partial charge >= 0.3 is 5.97 Å². The molecule has 7 heteroatoms. The van der Waals surface area contributed by atoms with E-state index in [1.807, 2.05) is 0 Å². The van der Waals surface area contributed by atoms with Crippen molar-refractivity contribution in [2.24, 2.45) is 5.73 Å². The lowest BCUT2D eigenvalue weighted by Gasteiger charge is -2.38. The molecule has 1 aliphatic heterocycles. The third-order valence-electron chi connectivity index (χ3n) is 2.19. The molecule has 0 unspecified atom stereocenters. The van der Waals surface area contributed by atoms with E-state index in [2.05, 4.69) is 0 Å². The average molecular weight is 207 g/mol. The molecule has 7 nitrogen and oxygen atoms in total. The molecule has 5 atom stereocenters. The molecular formula is C7H13NO6. The fraction of sp³-hybridized carbons (Fsp3) is 0.857. The van der Waals surface area contributed by atoms with Crippen molar-refractivity contribution in [1.82, 2.24) is 0 Å². The van der Waals surface area contributed by atoms with E-state index in [9.17, 15) is 20.1 Å². The predicted molar refractivity (Wildman–Crippen MR) is 43.4 cm³/mol. The van der Waals surface area contributed by atoms with E-state index < -0.39 is 36.5 Å². The second kappa shape index (κ2) is 4.20. The Hall–Kier alpha value is -0.730. The van der Waals surface area contributed by atoms with Crippen LogP contribution in [-0.2, 0) is 9.53 Å². The van der Waals surface area contributed by atoms with E-state index >= 15 is 0 Å². The molecule has 0 aromatic carbocycles. The topological polar surface area (TPSA) is 133 Å². The quantitative estimate of drug-likeness (QED) is 0.323. The lowest BCUT2D eigenvalue weighted by atomic mass is 9.95. The molecule has 1 heterocycles. The number of carbonyl (C=O) groups is 1. The number of ether oxygens (including phenoxy) is 1. The maximum absolute atomic E-state index is 10.6. The second-order valence-corrected chi connectivity index (χ2v) is 3.14. The van der Waals surface area contributed by atoms with Gasteiger partial charge in [0.25, 0.3) is 0 Å². The minimum atomic E-state index is -1.65. The van der Waals surface area contributed by atoms with Crippen molar-refractivity contribution in [2.45, 2.75) is 30.5 Å². The number of nitrogens with two attached hydrogens (primary N) is 1. The SMILES string of the molecule is NC[C@@H]1O[C@H](C(=O)O)[C@H](O)[C@H](O)[C@H]1O. The molecule has 0 bridgehead atoms. The lowest BCUT2D eigenvalue weighted by Crippen LogP contribution is -2.61. The normalized spacial score (nSPS) is 43.6. The summed E-state index contributed by atoms with van der Waals surface area (Å²) in [4.78, 5) is 10.6. The lowest BCUT2D eigenvalue weighted by molar-refractivity contribution is -0.225. The second-order valence-electron chi connectivity index (χ2n) is 3.14. The largest absolute Gasteiger partial charge is 0.479 e. The number of carboxylic acids is 1. The summed E-state index contributed by atoms with van der Waals surface area (Å²) in [5, 5.41) is 36.4. The monoisotopic (exact) mass is 207 g/mol. The third-order valence-corrected chi connectivity index (χ3v) is 2.19. The zero-order valence-electron chi connectivity index (χ0n) is 7.28. The van der Waals surface area contributed by atoms with Gasteiger partial charge in [-0.25, -0.2) is 4.79 Å². The Morgan fingerprint density at radius 1 is 1.21 bits per heavy atom. The van der Waals surface area contributed by atoms with Crippen LogP contribution in [0.15, 0.2) is 0 Å². The van der Waals surface area contributed by atoms with E-state index in [0.29, 0.717) is 0 Å². The summed E-state index contributed by atoms with van der Waals surface area (Å²) in [5.41, 5.74) is 5.19. The minimum absolute atomic E-state index is 0.130. The van der Waals surface area contributed by atoms with E-state index in [-0.39, 0.29) is 6.54 Å². The first-order chi connectivity index (χ1) is 6.49. The van der Waals surface area contributed by atoms with Crippen LogP contribution in [0.1, 0.15) is 0 Å². The number of aliphatic hydroxyl groups excluding tert-OH is 3. The molecule has 0 amide bonds. The smallest absolute Gasteiger partial charge is 0.335 e. The van der Waals surface area contributed by atoms with Gasteiger partial charge in [-0.15, -0.1) is 0 Å². The van der Waals surface area contributed by atoms with Crippen LogP contribution in [0, 0.1) is 0 Å². The first-order valence-electron chi connectivity index (χ1n) is 4.11. The van der Waals surface area contributed by atoms with Crippen LogP contribution in [0.5, 0.6) is 0 Å². The van der Waals surface area contributed by atoms with E-state index in [1.165, 1.54) is 0 Å². The van der Waals surface area contributed by atoms with Gasteiger partial charge in [0.05, 0.1) is 6.10 Å². The Morgan fingerprint density at radius 3 is 2.21 bits per heavy atom. The van der Waals surface area contributed by atoms with Crippen LogP contribution < -0.4 is 5.73 Å². The van der Waals surface area contributed by atoms with Crippen LogP contribution in [0.2, 0.25) is 0 Å². The summed E-state index contributed by atoms with van der Waals surface area (Å²) in [6.07, 6.45) is -7.11. The number of aliphatic carboxylic acids is 1. The molecule has 82 valence electrons. The van der Waals surface area contributed by atoms with Gasteiger partial charge in [0.2, 0.25) is 0 Å². The summed E-state index contributed by atoms with van der Waals surface area (Å²) >= 11 is 0. The molecule has 0 aliphatic carbocycles. The summed E-state index contributed by atoms with van der Waals surface area (Å²) < 4.78 is 4.81. The molecule has 0 spiro atoms. The Bertz CT molecular complexity index is 220. The molecule has 6 N–H and O–H groups in total. The molecule has 14 heavy (non-hydrogen) atoms. The van der Waals surface area contributed by atoms with Crippen molar-refractivity contribution in [3.8, 4) is 0 Å². The van der Waals surface area contributed by atoms with Gasteiger partial charge in [-0.05, 0) is 0 Å². The molecular weight excluding hydrogens is 194 g/mol. The Balaban J connectivity index is 2.78. The van der Waals surface area contributed by atoms with Crippen LogP contribution >= 0.6 is 0 Å². The van der Waals surface area contributed by atoms with Gasteiger partial charge in [-0.1, -0.05) is 0 Å². The number of rotatable bonds is 2. The zero-order chi connectivity index (χ0) is 10.9. The predicted octanol–water partition coefficient (Wildman–Crippen LogP) is -3.12. The molecule has 1 aliphatic rings. The summed E-state index contributed by atoms with van der Waals surface area (Å²) in [5.74, 6) is -1.40. The average Bonchev–Trinajstić information content (AvgIpc) is 2.14. The highest BCUT2D eigenvalue weighted by molar-refractivity contribution is 5.73. The molecule has 1 rings (SSSR count). The van der Waals surface area contributed by atoms with Crippen molar-refractivity contribution in [2.75, 3.05) is 6.54 Å². The standard InChI is InChI=1S/C7H13NO6/c8-1-2-3(9)4(10)5(11)6(14-2)7(12)13/h2-6,9-11H,1,8H2,(H,12,13)/t2-,3-,4+,5+,6-/m0/s1. The minimum Gasteiger partial charge on any atom is -0.479 e. The first kappa shape index (κ1) is 11.3. The number of aliphatic hydroxyl groups is 3. The van der Waals surface area contributed by atoms with E-state index in [1.54, 1.807) is 0 Å². The molecule has 0 radical (unpaired) electrons. The van der Waals surface area contributed by atoms with Crippen LogP contribution in [0.25, 0.3) is 0 Å². The van der Waals surface area contributed by atoms with Crippen molar-refractivity contribution < 1.29 is 30.0 Å². The van der Waals surface area contributed by atoms with Crippen molar-refractivity contribution in [3.05, 3.63) is 0 Å². The van der Waals surface area contributed by atoms with Gasteiger partial charge < -0.3 is 30.9 Å². The Kier molecular flexibility index (Phi) is 3.40. The van der Waals surface area contributed by atoms with Gasteiger partial charge in [0.15, 0.2) is 6.10 Å². The number of carboxylic acid groups (broad SMARTS) is 1. The van der Waals surface area contributed by atoms with Crippen molar-refractivity contribution in [3.63, 3.8) is 0 Å². The third kappa shape index (κ3) is 1.86. The van der Waals surface area contributed by atoms with Gasteiger partial charge in [-0.3, -0.25) is 0 Å². The zero-order valence-corrected chi connectivity index (χ0v) is 7.28. The summed E-state index contributed by atoms with van der Waals surface area (Å²) in [6, 6.07) is 0. The van der Waals surface area contributed by atoms with Gasteiger partial charge in [0.1, 0.15) is 18.3 Å². The molecule has 0 aromatic heterocycles. The van der Waals surface area contributed by atoms with Crippen LogP contribution in [-0.4, -0.2) is 63.5 Å². The molecule has 0 aromatic rings. The van der Waals surface area contributed by atoms with Crippen molar-refractivity contribution in [1.29, 1.82) is 0 Å².